The van der Waals surface area contributed by atoms with Gasteiger partial charge in [-0.2, -0.15) is 9.29 Å². The van der Waals surface area contributed by atoms with E-state index in [0.717, 1.165) is 34.1 Å². The van der Waals surface area contributed by atoms with Crippen LogP contribution in [-0.2, 0) is 14.8 Å². The van der Waals surface area contributed by atoms with Crippen molar-refractivity contribution >= 4 is 21.6 Å². The molecule has 31 heavy (non-hydrogen) atoms. The van der Waals surface area contributed by atoms with Crippen LogP contribution < -0.4 is 5.32 Å². The van der Waals surface area contributed by atoms with Gasteiger partial charge in [0.05, 0.1) is 22.7 Å². The van der Waals surface area contributed by atoms with Crippen LogP contribution in [0.5, 0.6) is 0 Å². The molecule has 0 aliphatic carbocycles. The fraction of sp³-hybridized carbons (Fsp3) is 0.286. The molecule has 1 aromatic heterocycles. The van der Waals surface area contributed by atoms with Crippen LogP contribution >= 0.6 is 0 Å². The van der Waals surface area contributed by atoms with Crippen molar-refractivity contribution in [3.63, 3.8) is 0 Å². The smallest absolute Gasteiger partial charge is 0.260 e. The van der Waals surface area contributed by atoms with Crippen molar-refractivity contribution < 1.29 is 22.1 Å². The third-order valence-electron chi connectivity index (χ3n) is 4.61. The second kappa shape index (κ2) is 8.94. The molecule has 0 unspecified atom stereocenters. The topological polar surface area (TPSA) is 105 Å². The molecule has 1 N–H and O–H groups in total. The fourth-order valence-corrected chi connectivity index (χ4v) is 3.97. The number of halogens is 1. The highest BCUT2D eigenvalue weighted by Crippen LogP contribution is 2.30. The van der Waals surface area contributed by atoms with Crippen LogP contribution in [-0.4, -0.2) is 42.4 Å². The number of rotatable bonds is 7. The predicted molar refractivity (Wildman–Crippen MR) is 113 cm³/mol. The first-order valence-corrected chi connectivity index (χ1v) is 11.0. The quantitative estimate of drug-likeness (QED) is 0.595. The summed E-state index contributed by atoms with van der Waals surface area (Å²) in [5.74, 6) is -0.222. The molecule has 3 aromatic rings. The first-order chi connectivity index (χ1) is 14.6. The van der Waals surface area contributed by atoms with E-state index in [0.29, 0.717) is 17.1 Å². The van der Waals surface area contributed by atoms with Gasteiger partial charge in [-0.1, -0.05) is 31.1 Å². The number of amides is 1. The Balaban J connectivity index is 1.81. The summed E-state index contributed by atoms with van der Waals surface area (Å²) in [5, 5.41) is 6.70. The van der Waals surface area contributed by atoms with Crippen molar-refractivity contribution in [1.29, 1.82) is 0 Å². The normalized spacial score (nSPS) is 11.8. The Morgan fingerprint density at radius 2 is 1.87 bits per heavy atom. The zero-order valence-corrected chi connectivity index (χ0v) is 18.4. The maximum atomic E-state index is 13.1. The zero-order chi connectivity index (χ0) is 22.8. The fourth-order valence-electron chi connectivity index (χ4n) is 2.84. The minimum absolute atomic E-state index is 0.0747. The molecule has 0 aliphatic heterocycles. The van der Waals surface area contributed by atoms with E-state index in [1.54, 1.807) is 25.1 Å². The molecule has 0 saturated carbocycles. The molecule has 0 aliphatic rings. The summed E-state index contributed by atoms with van der Waals surface area (Å²) in [4.78, 5) is 16.9. The van der Waals surface area contributed by atoms with Crippen LogP contribution in [0.1, 0.15) is 31.2 Å². The molecule has 0 radical (unpaired) electrons. The number of benzene rings is 2. The molecule has 1 heterocycles. The third-order valence-corrected chi connectivity index (χ3v) is 6.43. The Kier molecular flexibility index (Phi) is 6.51. The van der Waals surface area contributed by atoms with Gasteiger partial charge in [0.2, 0.25) is 15.9 Å². The summed E-state index contributed by atoms with van der Waals surface area (Å²) in [6.45, 7) is 5.24. The van der Waals surface area contributed by atoms with Crippen LogP contribution in [0.3, 0.4) is 0 Å². The van der Waals surface area contributed by atoms with Crippen LogP contribution in [0.25, 0.3) is 11.5 Å². The van der Waals surface area contributed by atoms with Gasteiger partial charge in [-0.3, -0.25) is 4.79 Å². The molecule has 164 valence electrons. The number of hydrogen-bond acceptors (Lipinski definition) is 6. The Bertz CT molecular complexity index is 1190. The lowest BCUT2D eigenvalue weighted by molar-refractivity contribution is -0.116. The second-order valence-corrected chi connectivity index (χ2v) is 9.42. The van der Waals surface area contributed by atoms with Crippen molar-refractivity contribution in [1.82, 2.24) is 14.4 Å². The number of nitrogens with one attached hydrogen (secondary N) is 1. The number of anilines is 1. The number of carbonyl (C=O) groups is 1. The molecule has 2 aromatic carbocycles. The Labute approximate surface area is 180 Å². The van der Waals surface area contributed by atoms with Gasteiger partial charge in [-0.15, -0.1) is 0 Å². The Morgan fingerprint density at radius 3 is 2.48 bits per heavy atom. The number of aromatic nitrogens is 2. The highest BCUT2D eigenvalue weighted by atomic mass is 32.2. The van der Waals surface area contributed by atoms with Crippen molar-refractivity contribution in [3.8, 4) is 11.5 Å². The number of aryl methyl sites for hydroxylation is 1. The monoisotopic (exact) mass is 446 g/mol. The Morgan fingerprint density at radius 1 is 1.19 bits per heavy atom. The van der Waals surface area contributed by atoms with E-state index < -0.39 is 28.3 Å². The maximum Gasteiger partial charge on any atom is 0.260 e. The SMILES string of the molecule is Cc1cccc(-c2nc(C(C)C)no2)c1NC(=O)CN(C)S(=O)(=O)c1ccc(F)cc1. The minimum atomic E-state index is -3.96. The summed E-state index contributed by atoms with van der Waals surface area (Å²) >= 11 is 0. The van der Waals surface area contributed by atoms with Crippen molar-refractivity contribution in [2.45, 2.75) is 31.6 Å². The third kappa shape index (κ3) is 4.97. The van der Waals surface area contributed by atoms with Gasteiger partial charge in [0.1, 0.15) is 5.82 Å². The lowest BCUT2D eigenvalue weighted by atomic mass is 10.1. The highest BCUT2D eigenvalue weighted by Gasteiger charge is 2.24. The molecule has 0 atom stereocenters. The summed E-state index contributed by atoms with van der Waals surface area (Å²) in [6, 6.07) is 9.74. The van der Waals surface area contributed by atoms with Crippen molar-refractivity contribution in [3.05, 3.63) is 59.7 Å². The summed E-state index contributed by atoms with van der Waals surface area (Å²) in [6.07, 6.45) is 0. The van der Waals surface area contributed by atoms with E-state index in [-0.39, 0.29) is 16.7 Å². The standard InChI is InChI=1S/C21H23FN4O4S/c1-13(2)20-24-21(30-25-20)17-7-5-6-14(3)19(17)23-18(27)12-26(4)31(28,29)16-10-8-15(22)9-11-16/h5-11,13H,12H2,1-4H3,(H,23,27). The summed E-state index contributed by atoms with van der Waals surface area (Å²) < 4.78 is 44.6. The summed E-state index contributed by atoms with van der Waals surface area (Å²) in [5.41, 5.74) is 1.75. The molecule has 8 nitrogen and oxygen atoms in total. The van der Waals surface area contributed by atoms with Crippen LogP contribution in [0.15, 0.2) is 51.9 Å². The molecule has 10 heteroatoms. The van der Waals surface area contributed by atoms with Crippen molar-refractivity contribution in [2.24, 2.45) is 0 Å². The second-order valence-electron chi connectivity index (χ2n) is 7.37. The molecule has 1 amide bonds. The molecule has 3 rings (SSSR count). The number of para-hydroxylation sites is 1. The van der Waals surface area contributed by atoms with Gasteiger partial charge in [0, 0.05) is 13.0 Å². The minimum Gasteiger partial charge on any atom is -0.334 e. The number of likely N-dealkylation sites (N-methyl/N-ethyl adjacent to an activating group) is 1. The lowest BCUT2D eigenvalue weighted by Crippen LogP contribution is -2.35. The molecular weight excluding hydrogens is 423 g/mol. The highest BCUT2D eigenvalue weighted by molar-refractivity contribution is 7.89. The molecule has 0 fully saturated rings. The molecular formula is C21H23FN4O4S. The van der Waals surface area contributed by atoms with Gasteiger partial charge in [0.15, 0.2) is 5.82 Å². The van der Waals surface area contributed by atoms with E-state index in [1.807, 2.05) is 13.8 Å². The van der Waals surface area contributed by atoms with Crippen LogP contribution in [0.4, 0.5) is 10.1 Å². The number of hydrogen-bond donors (Lipinski definition) is 1. The number of sulfonamides is 1. The van der Waals surface area contributed by atoms with E-state index in [2.05, 4.69) is 15.5 Å². The first kappa shape index (κ1) is 22.6. The zero-order valence-electron chi connectivity index (χ0n) is 17.6. The van der Waals surface area contributed by atoms with Crippen LogP contribution in [0, 0.1) is 12.7 Å². The molecule has 0 spiro atoms. The van der Waals surface area contributed by atoms with E-state index in [4.69, 9.17) is 4.52 Å². The van der Waals surface area contributed by atoms with E-state index in [9.17, 15) is 17.6 Å². The van der Waals surface area contributed by atoms with Gasteiger partial charge in [0.25, 0.3) is 5.89 Å². The average molecular weight is 447 g/mol. The van der Waals surface area contributed by atoms with Crippen molar-refractivity contribution in [2.75, 3.05) is 18.9 Å². The van der Waals surface area contributed by atoms with Crippen LogP contribution in [0.2, 0.25) is 0 Å². The number of carbonyl (C=O) groups excluding carboxylic acids is 1. The largest absolute Gasteiger partial charge is 0.334 e. The Hall–Kier alpha value is -3.11. The molecule has 0 saturated heterocycles. The van der Waals surface area contributed by atoms with Gasteiger partial charge in [-0.05, 0) is 42.8 Å². The van der Waals surface area contributed by atoms with Gasteiger partial charge in [-0.25, -0.2) is 12.8 Å². The van der Waals surface area contributed by atoms with Gasteiger partial charge < -0.3 is 9.84 Å². The summed E-state index contributed by atoms with van der Waals surface area (Å²) in [7, 11) is -2.68. The predicted octanol–water partition coefficient (Wildman–Crippen LogP) is 3.57. The van der Waals surface area contributed by atoms with E-state index >= 15 is 0 Å². The first-order valence-electron chi connectivity index (χ1n) is 9.55. The van der Waals surface area contributed by atoms with Gasteiger partial charge >= 0.3 is 0 Å². The van der Waals surface area contributed by atoms with E-state index in [1.165, 1.54) is 7.05 Å². The maximum absolute atomic E-state index is 13.1. The lowest BCUT2D eigenvalue weighted by Gasteiger charge is -2.18. The average Bonchev–Trinajstić information content (AvgIpc) is 3.20. The number of nitrogens with zero attached hydrogens (tertiary/aromatic N) is 3. The molecule has 0 bridgehead atoms.